The Morgan fingerprint density at radius 1 is 1.04 bits per heavy atom. The number of amides is 1. The van der Waals surface area contributed by atoms with Crippen LogP contribution in [0.15, 0.2) is 47.4 Å². The average molecular weight is 654 g/mol. The van der Waals surface area contributed by atoms with Gasteiger partial charge in [-0.05, 0) is 55.7 Å². The van der Waals surface area contributed by atoms with Gasteiger partial charge in [-0.15, -0.1) is 0 Å². The second-order valence-electron chi connectivity index (χ2n) is 11.1. The molecule has 0 spiro atoms. The van der Waals surface area contributed by atoms with Gasteiger partial charge in [0.15, 0.2) is 0 Å². The molecule has 2 aliphatic heterocycles. The van der Waals surface area contributed by atoms with Gasteiger partial charge in [0.25, 0.3) is 0 Å². The fourth-order valence-corrected chi connectivity index (χ4v) is 5.83. The molecule has 3 aromatic rings. The molecule has 46 heavy (non-hydrogen) atoms. The summed E-state index contributed by atoms with van der Waals surface area (Å²) in [6.45, 7) is 5.64. The van der Waals surface area contributed by atoms with E-state index in [4.69, 9.17) is 9.47 Å². The monoisotopic (exact) mass is 653 g/mol. The average Bonchev–Trinajstić information content (AvgIpc) is 3.01. The Labute approximate surface area is 260 Å². The number of carbonyl (C=O) groups excluding carboxylic acids is 1. The van der Waals surface area contributed by atoms with E-state index in [1.54, 1.807) is 19.2 Å². The van der Waals surface area contributed by atoms with Crippen molar-refractivity contribution < 1.29 is 40.6 Å². The highest BCUT2D eigenvalue weighted by Crippen LogP contribution is 2.40. The third-order valence-electron chi connectivity index (χ3n) is 8.02. The predicted octanol–water partition coefficient (Wildman–Crippen LogP) is 6.53. The van der Waals surface area contributed by atoms with Crippen LogP contribution in [0.5, 0.6) is 0 Å². The van der Waals surface area contributed by atoms with Crippen LogP contribution in [0.4, 0.5) is 48.3 Å². The molecular weight excluding hydrogens is 620 g/mol. The lowest BCUT2D eigenvalue weighted by Gasteiger charge is -2.40. The molecule has 1 fully saturated rings. The summed E-state index contributed by atoms with van der Waals surface area (Å²) in [7, 11) is 0. The number of ether oxygens (including phenoxy) is 2. The summed E-state index contributed by atoms with van der Waals surface area (Å²) in [4.78, 5) is 36.1. The molecular formula is C31H33F6N5O4. The number of hydrogen-bond acceptors (Lipinski definition) is 7. The highest BCUT2D eigenvalue weighted by Gasteiger charge is 2.39. The van der Waals surface area contributed by atoms with Crippen LogP contribution in [0.3, 0.4) is 0 Å². The van der Waals surface area contributed by atoms with Gasteiger partial charge in [-0.2, -0.15) is 26.3 Å². The molecule has 1 aromatic carbocycles. The Kier molecular flexibility index (Phi) is 9.52. The van der Waals surface area contributed by atoms with E-state index in [0.29, 0.717) is 73.9 Å². The lowest BCUT2D eigenvalue weighted by molar-refractivity contribution is -0.143. The van der Waals surface area contributed by atoms with Crippen molar-refractivity contribution in [2.24, 2.45) is 0 Å². The van der Waals surface area contributed by atoms with Crippen molar-refractivity contribution in [2.45, 2.75) is 57.5 Å². The molecule has 248 valence electrons. The Balaban J connectivity index is 1.58. The van der Waals surface area contributed by atoms with Gasteiger partial charge in [0.1, 0.15) is 5.82 Å². The number of rotatable bonds is 7. The van der Waals surface area contributed by atoms with E-state index in [0.717, 1.165) is 0 Å². The molecule has 1 saturated heterocycles. The molecule has 2 N–H and O–H groups in total. The standard InChI is InChI=1S/C31H33F6N5O4/c1-3-22-16-24(27-25(5-6-26(43)40-27)42(22)29(44)46-4-2)39-28-19(14-23(17-38-28)41-7-9-45-10-8-41)11-18-12-20(30(32,33)34)15-21(13-18)31(35,36)37/h5-6,12-15,17,22,24H,3-4,7-11,16H2,1-2H3,(H,38,39)(H,40,43)/t22-,24+/m1/s1. The molecule has 0 aliphatic carbocycles. The highest BCUT2D eigenvalue weighted by molar-refractivity contribution is 5.90. The van der Waals surface area contributed by atoms with Gasteiger partial charge in [0, 0.05) is 37.2 Å². The van der Waals surface area contributed by atoms with Gasteiger partial charge in [0.05, 0.1) is 60.3 Å². The minimum Gasteiger partial charge on any atom is -0.449 e. The molecule has 0 bridgehead atoms. The summed E-state index contributed by atoms with van der Waals surface area (Å²) in [6, 6.07) is 5.02. The molecule has 2 atom stereocenters. The fraction of sp³-hybridized carbons (Fsp3) is 0.452. The number of nitrogens with one attached hydrogen (secondary N) is 2. The first kappa shape index (κ1) is 33.1. The summed E-state index contributed by atoms with van der Waals surface area (Å²) in [5.41, 5.74) is -1.70. The second kappa shape index (κ2) is 13.2. The highest BCUT2D eigenvalue weighted by atomic mass is 19.4. The number of morpholine rings is 1. The van der Waals surface area contributed by atoms with Gasteiger partial charge in [-0.1, -0.05) is 6.92 Å². The first-order valence-electron chi connectivity index (χ1n) is 14.8. The largest absolute Gasteiger partial charge is 0.449 e. The number of aromatic nitrogens is 2. The van der Waals surface area contributed by atoms with Crippen molar-refractivity contribution in [1.29, 1.82) is 0 Å². The number of aromatic amines is 1. The van der Waals surface area contributed by atoms with Crippen LogP contribution in [0, 0.1) is 0 Å². The van der Waals surface area contributed by atoms with Crippen molar-refractivity contribution in [3.8, 4) is 0 Å². The first-order valence-corrected chi connectivity index (χ1v) is 14.8. The quantitative estimate of drug-likeness (QED) is 0.280. The van der Waals surface area contributed by atoms with Crippen LogP contribution in [0.2, 0.25) is 0 Å². The topological polar surface area (TPSA) is 99.8 Å². The van der Waals surface area contributed by atoms with E-state index in [9.17, 15) is 35.9 Å². The normalized spacial score (nSPS) is 18.7. The Hall–Kier alpha value is -4.27. The van der Waals surface area contributed by atoms with E-state index in [-0.39, 0.29) is 36.5 Å². The third kappa shape index (κ3) is 7.24. The predicted molar refractivity (Wildman–Crippen MR) is 158 cm³/mol. The Morgan fingerprint density at radius 2 is 1.72 bits per heavy atom. The molecule has 15 heteroatoms. The van der Waals surface area contributed by atoms with Crippen molar-refractivity contribution in [3.63, 3.8) is 0 Å². The Bertz CT molecular complexity index is 1590. The molecule has 9 nitrogen and oxygen atoms in total. The molecule has 5 rings (SSSR count). The Morgan fingerprint density at radius 3 is 2.33 bits per heavy atom. The van der Waals surface area contributed by atoms with E-state index < -0.39 is 41.2 Å². The van der Waals surface area contributed by atoms with E-state index in [2.05, 4.69) is 15.3 Å². The second-order valence-corrected chi connectivity index (χ2v) is 11.1. The number of nitrogens with zero attached hydrogens (tertiary/aromatic N) is 3. The van der Waals surface area contributed by atoms with Gasteiger partial charge in [-0.3, -0.25) is 9.69 Å². The minimum atomic E-state index is -5.00. The maximum atomic E-state index is 13.7. The molecule has 2 aliphatic rings. The number of fused-ring (bicyclic) bond motifs is 1. The van der Waals surface area contributed by atoms with E-state index in [1.165, 1.54) is 17.0 Å². The van der Waals surface area contributed by atoms with Crippen molar-refractivity contribution in [1.82, 2.24) is 9.97 Å². The van der Waals surface area contributed by atoms with E-state index in [1.807, 2.05) is 11.8 Å². The smallest absolute Gasteiger partial charge is 0.416 e. The van der Waals surface area contributed by atoms with Crippen molar-refractivity contribution in [2.75, 3.05) is 48.0 Å². The number of hydrogen-bond donors (Lipinski definition) is 2. The number of alkyl halides is 6. The number of benzene rings is 1. The zero-order valence-corrected chi connectivity index (χ0v) is 25.1. The number of pyridine rings is 2. The van der Waals surface area contributed by atoms with Gasteiger partial charge in [-0.25, -0.2) is 9.78 Å². The number of halogens is 6. The third-order valence-corrected chi connectivity index (χ3v) is 8.02. The fourth-order valence-electron chi connectivity index (χ4n) is 5.83. The maximum absolute atomic E-state index is 13.7. The van der Waals surface area contributed by atoms with Crippen LogP contribution < -0.4 is 20.7 Å². The van der Waals surface area contributed by atoms with Crippen LogP contribution in [0.25, 0.3) is 0 Å². The maximum Gasteiger partial charge on any atom is 0.416 e. The summed E-state index contributed by atoms with van der Waals surface area (Å²) in [5, 5.41) is 3.28. The van der Waals surface area contributed by atoms with Crippen LogP contribution >= 0.6 is 0 Å². The summed E-state index contributed by atoms with van der Waals surface area (Å²) < 4.78 is 92.7. The molecule has 0 saturated carbocycles. The SMILES string of the molecule is CCOC(=O)N1c2ccc(=O)[nH]c2[C@@H](Nc2ncc(N3CCOCC3)cc2Cc2cc(C(F)(F)F)cc(C(F)(F)F)c2)C[C@H]1CC. The lowest BCUT2D eigenvalue weighted by Crippen LogP contribution is -2.46. The number of carbonyl (C=O) groups is 1. The van der Waals surface area contributed by atoms with Crippen LogP contribution in [0.1, 0.15) is 60.7 Å². The first-order chi connectivity index (χ1) is 21.8. The number of H-pyrrole nitrogens is 1. The van der Waals surface area contributed by atoms with Crippen LogP contribution in [-0.4, -0.2) is 55.0 Å². The molecule has 4 heterocycles. The minimum absolute atomic E-state index is 0.0978. The zero-order valence-electron chi connectivity index (χ0n) is 25.1. The van der Waals surface area contributed by atoms with Gasteiger partial charge >= 0.3 is 18.4 Å². The van der Waals surface area contributed by atoms with Gasteiger partial charge in [0.2, 0.25) is 5.56 Å². The molecule has 0 unspecified atom stereocenters. The van der Waals surface area contributed by atoms with E-state index >= 15 is 0 Å². The summed E-state index contributed by atoms with van der Waals surface area (Å²) in [5.74, 6) is 0.211. The van der Waals surface area contributed by atoms with Gasteiger partial charge < -0.3 is 24.7 Å². The summed E-state index contributed by atoms with van der Waals surface area (Å²) >= 11 is 0. The molecule has 2 aromatic heterocycles. The summed E-state index contributed by atoms with van der Waals surface area (Å²) in [6.07, 6.45) is -8.49. The molecule has 0 radical (unpaired) electrons. The van der Waals surface area contributed by atoms with Crippen molar-refractivity contribution in [3.05, 3.63) is 80.9 Å². The van der Waals surface area contributed by atoms with Crippen molar-refractivity contribution >= 4 is 23.3 Å². The number of anilines is 3. The zero-order chi connectivity index (χ0) is 33.2. The van der Waals surface area contributed by atoms with Crippen LogP contribution in [-0.2, 0) is 28.2 Å². The molecule has 1 amide bonds. The lowest BCUT2D eigenvalue weighted by atomic mass is 9.93.